The average Bonchev–Trinajstić information content (AvgIpc) is 3.04. The molecule has 0 saturated carbocycles. The first kappa shape index (κ1) is 16.1. The van der Waals surface area contributed by atoms with Gasteiger partial charge in [-0.25, -0.2) is 0 Å². The second kappa shape index (κ2) is 6.18. The van der Waals surface area contributed by atoms with Crippen molar-refractivity contribution < 1.29 is 9.53 Å². The predicted molar refractivity (Wildman–Crippen MR) is 96.7 cm³/mol. The number of para-hydroxylation sites is 1. The average molecular weight is 351 g/mol. The maximum atomic E-state index is 12.7. The van der Waals surface area contributed by atoms with Crippen molar-refractivity contribution in [2.75, 3.05) is 13.6 Å². The number of aromatic amines is 2. The fourth-order valence-electron chi connectivity index (χ4n) is 3.21. The van der Waals surface area contributed by atoms with Crippen molar-refractivity contribution in [1.29, 1.82) is 0 Å². The minimum Gasteiger partial charge on any atom is -0.488 e. The highest BCUT2D eigenvalue weighted by Crippen LogP contribution is 2.28. The normalized spacial score (nSPS) is 15.5. The lowest BCUT2D eigenvalue weighted by molar-refractivity contribution is 0.0730. The van der Waals surface area contributed by atoms with Gasteiger partial charge in [0.05, 0.1) is 17.6 Å². The number of nitrogens with one attached hydrogen (secondary N) is 2. The van der Waals surface area contributed by atoms with Crippen LogP contribution in [0.4, 0.5) is 0 Å². The monoisotopic (exact) mass is 351 g/mol. The third kappa shape index (κ3) is 2.88. The van der Waals surface area contributed by atoms with Gasteiger partial charge in [0, 0.05) is 19.0 Å². The van der Waals surface area contributed by atoms with Crippen LogP contribution in [0.3, 0.4) is 0 Å². The molecular formula is C19H17N3O4. The van der Waals surface area contributed by atoms with Crippen molar-refractivity contribution >= 4 is 16.9 Å². The van der Waals surface area contributed by atoms with Crippen LogP contribution in [0.15, 0.2) is 52.1 Å². The van der Waals surface area contributed by atoms with E-state index in [1.807, 2.05) is 24.3 Å². The topological polar surface area (TPSA) is 95.3 Å². The van der Waals surface area contributed by atoms with Crippen LogP contribution in [-0.2, 0) is 6.42 Å². The van der Waals surface area contributed by atoms with E-state index in [1.165, 1.54) is 0 Å². The Labute approximate surface area is 148 Å². The number of ether oxygens (including phenoxy) is 1. The number of fused-ring (bicyclic) bond motifs is 2. The molecule has 0 radical (unpaired) electrons. The van der Waals surface area contributed by atoms with E-state index in [0.717, 1.165) is 17.7 Å². The van der Waals surface area contributed by atoms with Gasteiger partial charge in [0.1, 0.15) is 11.9 Å². The van der Waals surface area contributed by atoms with Gasteiger partial charge >= 0.3 is 11.1 Å². The summed E-state index contributed by atoms with van der Waals surface area (Å²) in [6.45, 7) is 0.452. The van der Waals surface area contributed by atoms with E-state index in [2.05, 4.69) is 9.97 Å². The minimum absolute atomic E-state index is 0.0852. The summed E-state index contributed by atoms with van der Waals surface area (Å²) in [6.07, 6.45) is 0.679. The van der Waals surface area contributed by atoms with Crippen LogP contribution in [0.5, 0.6) is 5.75 Å². The summed E-state index contributed by atoms with van der Waals surface area (Å²) in [5.74, 6) is 0.684. The van der Waals surface area contributed by atoms with Crippen LogP contribution in [0, 0.1) is 0 Å². The van der Waals surface area contributed by atoms with Gasteiger partial charge in [-0.3, -0.25) is 14.4 Å². The largest absolute Gasteiger partial charge is 0.488 e. The molecule has 2 aromatic carbocycles. The van der Waals surface area contributed by atoms with Crippen LogP contribution in [0.2, 0.25) is 0 Å². The van der Waals surface area contributed by atoms with Gasteiger partial charge in [0.2, 0.25) is 0 Å². The van der Waals surface area contributed by atoms with Crippen LogP contribution >= 0.6 is 0 Å². The fraction of sp³-hybridized carbons (Fsp3) is 0.211. The Morgan fingerprint density at radius 1 is 1.12 bits per heavy atom. The predicted octanol–water partition coefficient (Wildman–Crippen LogP) is 1.29. The molecule has 1 aliphatic heterocycles. The summed E-state index contributed by atoms with van der Waals surface area (Å²) in [5.41, 5.74) is 1.00. The molecule has 0 bridgehead atoms. The lowest BCUT2D eigenvalue weighted by Gasteiger charge is -2.21. The molecule has 26 heavy (non-hydrogen) atoms. The third-order valence-electron chi connectivity index (χ3n) is 4.51. The van der Waals surface area contributed by atoms with Crippen molar-refractivity contribution in [2.24, 2.45) is 0 Å². The Bertz CT molecular complexity index is 1090. The molecule has 1 aliphatic rings. The third-order valence-corrected chi connectivity index (χ3v) is 4.51. The first-order chi connectivity index (χ1) is 12.5. The molecule has 0 saturated heterocycles. The minimum atomic E-state index is -0.743. The van der Waals surface area contributed by atoms with Crippen molar-refractivity contribution in [3.63, 3.8) is 0 Å². The lowest BCUT2D eigenvalue weighted by atomic mass is 10.1. The number of aromatic nitrogens is 2. The van der Waals surface area contributed by atoms with E-state index in [-0.39, 0.29) is 12.0 Å². The zero-order valence-corrected chi connectivity index (χ0v) is 14.1. The maximum Gasteiger partial charge on any atom is 0.314 e. The Balaban J connectivity index is 1.52. The summed E-state index contributed by atoms with van der Waals surface area (Å²) < 4.78 is 5.88. The van der Waals surface area contributed by atoms with Crippen molar-refractivity contribution in [1.82, 2.24) is 14.9 Å². The number of nitrogens with zero attached hydrogens (tertiary/aromatic N) is 1. The molecule has 7 heteroatoms. The molecule has 0 aliphatic carbocycles. The molecule has 1 amide bonds. The molecule has 2 heterocycles. The molecule has 7 nitrogen and oxygen atoms in total. The lowest BCUT2D eigenvalue weighted by Crippen LogP contribution is -2.36. The summed E-state index contributed by atoms with van der Waals surface area (Å²) in [7, 11) is 1.72. The number of likely N-dealkylation sites (N-methyl/N-ethyl adjacent to an activating group) is 1. The number of amides is 1. The van der Waals surface area contributed by atoms with Gasteiger partial charge in [-0.05, 0) is 29.8 Å². The maximum absolute atomic E-state index is 12.7. The van der Waals surface area contributed by atoms with Gasteiger partial charge in [-0.2, -0.15) is 0 Å². The van der Waals surface area contributed by atoms with Crippen LogP contribution in [0.1, 0.15) is 15.9 Å². The molecule has 0 spiro atoms. The summed E-state index contributed by atoms with van der Waals surface area (Å²) in [6, 6.07) is 12.6. The highest BCUT2D eigenvalue weighted by Gasteiger charge is 2.25. The van der Waals surface area contributed by atoms with Gasteiger partial charge < -0.3 is 19.6 Å². The van der Waals surface area contributed by atoms with Gasteiger partial charge in [0.25, 0.3) is 5.91 Å². The number of hydrogen-bond acceptors (Lipinski definition) is 4. The van der Waals surface area contributed by atoms with Gasteiger partial charge in [-0.1, -0.05) is 18.2 Å². The Morgan fingerprint density at radius 2 is 1.85 bits per heavy atom. The van der Waals surface area contributed by atoms with Crippen molar-refractivity contribution in [3.8, 4) is 5.75 Å². The van der Waals surface area contributed by atoms with Crippen molar-refractivity contribution in [3.05, 3.63) is 74.3 Å². The second-order valence-corrected chi connectivity index (χ2v) is 6.41. The first-order valence-corrected chi connectivity index (χ1v) is 8.27. The first-order valence-electron chi connectivity index (χ1n) is 8.27. The SMILES string of the molecule is CN(C[C@@H]1Cc2ccccc2O1)C(=O)c1ccc2[nH]c(=O)c(=O)[nH]c2c1. The number of carbonyl (C=O) groups is 1. The molecular weight excluding hydrogens is 334 g/mol. The van der Waals surface area contributed by atoms with E-state index in [9.17, 15) is 14.4 Å². The van der Waals surface area contributed by atoms with E-state index in [1.54, 1.807) is 30.1 Å². The molecule has 1 aromatic heterocycles. The van der Waals surface area contributed by atoms with Crippen LogP contribution < -0.4 is 15.9 Å². The Kier molecular flexibility index (Phi) is 3.84. The number of hydrogen-bond donors (Lipinski definition) is 2. The number of H-pyrrole nitrogens is 2. The van der Waals surface area contributed by atoms with Crippen molar-refractivity contribution in [2.45, 2.75) is 12.5 Å². The standard InChI is InChI=1S/C19H17N3O4/c1-22(10-13-8-11-4-2-3-5-16(11)26-13)19(25)12-6-7-14-15(9-12)21-18(24)17(23)20-14/h2-7,9,13H,8,10H2,1H3,(H,20,23)(H,21,24)/t13-/m0/s1. The Morgan fingerprint density at radius 3 is 2.62 bits per heavy atom. The Hall–Kier alpha value is -3.35. The van der Waals surface area contributed by atoms with Crippen LogP contribution in [0.25, 0.3) is 11.0 Å². The van der Waals surface area contributed by atoms with E-state index < -0.39 is 11.1 Å². The summed E-state index contributed by atoms with van der Waals surface area (Å²) in [4.78, 5) is 42.1. The molecule has 0 unspecified atom stereocenters. The number of rotatable bonds is 3. The fourth-order valence-corrected chi connectivity index (χ4v) is 3.21. The van der Waals surface area contributed by atoms with E-state index >= 15 is 0 Å². The molecule has 0 fully saturated rings. The van der Waals surface area contributed by atoms with Gasteiger partial charge in [0.15, 0.2) is 0 Å². The summed E-state index contributed by atoms with van der Waals surface area (Å²) in [5, 5.41) is 0. The van der Waals surface area contributed by atoms with E-state index in [0.29, 0.717) is 23.1 Å². The smallest absolute Gasteiger partial charge is 0.314 e. The summed E-state index contributed by atoms with van der Waals surface area (Å²) >= 11 is 0. The zero-order chi connectivity index (χ0) is 18.3. The molecule has 4 rings (SSSR count). The van der Waals surface area contributed by atoms with Crippen LogP contribution in [-0.4, -0.2) is 40.5 Å². The second-order valence-electron chi connectivity index (χ2n) is 6.41. The quantitative estimate of drug-likeness (QED) is 0.695. The highest BCUT2D eigenvalue weighted by molar-refractivity contribution is 5.97. The van der Waals surface area contributed by atoms with Gasteiger partial charge in [-0.15, -0.1) is 0 Å². The number of benzene rings is 2. The molecule has 3 aromatic rings. The molecule has 132 valence electrons. The van der Waals surface area contributed by atoms with E-state index in [4.69, 9.17) is 4.74 Å². The molecule has 1 atom stereocenters. The number of carbonyl (C=O) groups excluding carboxylic acids is 1. The highest BCUT2D eigenvalue weighted by atomic mass is 16.5. The molecule has 2 N–H and O–H groups in total. The zero-order valence-electron chi connectivity index (χ0n) is 14.1.